The van der Waals surface area contributed by atoms with E-state index < -0.39 is 0 Å². The predicted octanol–water partition coefficient (Wildman–Crippen LogP) is 2.36. The fraction of sp³-hybridized carbons (Fsp3) is 0.333. The molecule has 0 saturated carbocycles. The van der Waals surface area contributed by atoms with E-state index in [2.05, 4.69) is 27.0 Å². The lowest BCUT2D eigenvalue weighted by molar-refractivity contribution is 0.102. The van der Waals surface area contributed by atoms with E-state index in [1.54, 1.807) is 18.2 Å². The van der Waals surface area contributed by atoms with Crippen molar-refractivity contribution in [2.24, 2.45) is 0 Å². The first-order valence-electron chi connectivity index (χ1n) is 5.99. The molecule has 1 aromatic carbocycles. The second kappa shape index (κ2) is 6.79. The van der Waals surface area contributed by atoms with Gasteiger partial charge in [-0.3, -0.25) is 10.1 Å². The van der Waals surface area contributed by atoms with Gasteiger partial charge in [0, 0.05) is 17.1 Å². The van der Waals surface area contributed by atoms with Gasteiger partial charge in [0.1, 0.15) is 5.75 Å². The van der Waals surface area contributed by atoms with Crippen molar-refractivity contribution in [3.63, 3.8) is 0 Å². The second-order valence-electron chi connectivity index (χ2n) is 3.85. The molecule has 6 nitrogen and oxygen atoms in total. The van der Waals surface area contributed by atoms with Crippen LogP contribution >= 0.6 is 11.5 Å². The van der Waals surface area contributed by atoms with Gasteiger partial charge in [-0.1, -0.05) is 29.0 Å². The Morgan fingerprint density at radius 1 is 1.47 bits per heavy atom. The average molecular weight is 278 g/mol. The third-order valence-electron chi connectivity index (χ3n) is 2.38. The van der Waals surface area contributed by atoms with Crippen LogP contribution in [0.3, 0.4) is 0 Å². The zero-order valence-electron chi connectivity index (χ0n) is 10.5. The van der Waals surface area contributed by atoms with Gasteiger partial charge in [-0.15, -0.1) is 0 Å². The highest BCUT2D eigenvalue weighted by Gasteiger charge is 2.09. The Bertz CT molecular complexity index is 530. The first-order chi connectivity index (χ1) is 9.29. The molecule has 1 heterocycles. The van der Waals surface area contributed by atoms with Crippen LogP contribution in [0.4, 0.5) is 5.13 Å². The van der Waals surface area contributed by atoms with Gasteiger partial charge in [0.15, 0.2) is 0 Å². The maximum absolute atomic E-state index is 11.9. The van der Waals surface area contributed by atoms with Gasteiger partial charge in [-0.05, 0) is 29.8 Å². The molecule has 0 fully saturated rings. The zero-order chi connectivity index (χ0) is 13.5. The van der Waals surface area contributed by atoms with Crippen molar-refractivity contribution >= 4 is 22.6 Å². The van der Waals surface area contributed by atoms with Gasteiger partial charge in [-0.2, -0.15) is 0 Å². The topological polar surface area (TPSA) is 77.0 Å². The number of anilines is 1. The number of rotatable bonds is 6. The molecule has 0 spiro atoms. The molecule has 1 aromatic heterocycles. The summed E-state index contributed by atoms with van der Waals surface area (Å²) in [6.07, 6.45) is 2.07. The van der Waals surface area contributed by atoms with Gasteiger partial charge < -0.3 is 4.74 Å². The molecule has 0 aliphatic heterocycles. The van der Waals surface area contributed by atoms with Crippen LogP contribution in [0, 0.1) is 0 Å². The van der Waals surface area contributed by atoms with E-state index in [-0.39, 0.29) is 5.91 Å². The Hall–Kier alpha value is -2.02. The van der Waals surface area contributed by atoms with Crippen LogP contribution in [0.25, 0.3) is 0 Å². The van der Waals surface area contributed by atoms with E-state index in [9.17, 15) is 4.79 Å². The summed E-state index contributed by atoms with van der Waals surface area (Å²) in [5, 5.41) is 10.1. The maximum Gasteiger partial charge on any atom is 0.257 e. The van der Waals surface area contributed by atoms with Crippen molar-refractivity contribution in [2.75, 3.05) is 11.9 Å². The molecule has 100 valence electrons. The molecule has 0 atom stereocenters. The van der Waals surface area contributed by atoms with E-state index in [1.165, 1.54) is 0 Å². The third-order valence-corrected chi connectivity index (χ3v) is 2.89. The predicted molar refractivity (Wildman–Crippen MR) is 72.5 cm³/mol. The molecule has 0 radical (unpaired) electrons. The van der Waals surface area contributed by atoms with Crippen molar-refractivity contribution in [1.29, 1.82) is 0 Å². The molecule has 0 aliphatic carbocycles. The minimum atomic E-state index is -0.250. The number of hydrogen-bond donors (Lipinski definition) is 1. The lowest BCUT2D eigenvalue weighted by Crippen LogP contribution is -2.11. The van der Waals surface area contributed by atoms with Gasteiger partial charge in [-0.25, -0.2) is 0 Å². The second-order valence-corrected chi connectivity index (χ2v) is 4.58. The fourth-order valence-electron chi connectivity index (χ4n) is 1.41. The van der Waals surface area contributed by atoms with Gasteiger partial charge in [0.05, 0.1) is 6.61 Å². The number of nitrogens with one attached hydrogen (secondary N) is 1. The Kier molecular flexibility index (Phi) is 4.79. The summed E-state index contributed by atoms with van der Waals surface area (Å²) < 4.78 is 9.13. The van der Waals surface area contributed by atoms with Crippen LogP contribution < -0.4 is 10.1 Å². The van der Waals surface area contributed by atoms with E-state index in [1.807, 2.05) is 6.07 Å². The minimum absolute atomic E-state index is 0.250. The van der Waals surface area contributed by atoms with E-state index in [0.29, 0.717) is 23.1 Å². The number of aromatic nitrogens is 3. The maximum atomic E-state index is 11.9. The van der Waals surface area contributed by atoms with E-state index in [4.69, 9.17) is 4.74 Å². The quantitative estimate of drug-likeness (QED) is 0.821. The highest BCUT2D eigenvalue weighted by molar-refractivity contribution is 7.09. The van der Waals surface area contributed by atoms with Crippen LogP contribution in [0.2, 0.25) is 0 Å². The summed E-state index contributed by atoms with van der Waals surface area (Å²) in [6.45, 7) is 2.76. The van der Waals surface area contributed by atoms with Gasteiger partial charge >= 0.3 is 0 Å². The summed E-state index contributed by atoms with van der Waals surface area (Å²) in [6, 6.07) is 7.05. The molecule has 7 heteroatoms. The number of nitrogens with zero attached hydrogens (tertiary/aromatic N) is 3. The molecule has 0 saturated heterocycles. The number of carbonyl (C=O) groups excluding carboxylic acids is 1. The lowest BCUT2D eigenvalue weighted by Gasteiger charge is -2.07. The summed E-state index contributed by atoms with van der Waals surface area (Å²) in [7, 11) is 0. The van der Waals surface area contributed by atoms with Crippen LogP contribution in [-0.4, -0.2) is 27.3 Å². The standard InChI is InChI=1S/C12H14N4O2S/c1-2-3-7-18-10-6-4-5-9(8-10)11(17)13-12-14-15-16-19-12/h4-6,8H,2-3,7H2,1H3,(H,13,14,16,17). The van der Waals surface area contributed by atoms with Crippen LogP contribution in [-0.2, 0) is 0 Å². The van der Waals surface area contributed by atoms with Crippen LogP contribution in [0.5, 0.6) is 5.75 Å². The molecule has 19 heavy (non-hydrogen) atoms. The average Bonchev–Trinajstić information content (AvgIpc) is 2.92. The Morgan fingerprint density at radius 2 is 2.37 bits per heavy atom. The number of ether oxygens (including phenoxy) is 1. The van der Waals surface area contributed by atoms with Crippen molar-refractivity contribution < 1.29 is 9.53 Å². The Labute approximate surface area is 115 Å². The lowest BCUT2D eigenvalue weighted by atomic mass is 10.2. The molecule has 0 unspecified atom stereocenters. The smallest absolute Gasteiger partial charge is 0.257 e. The number of unbranched alkanes of at least 4 members (excludes halogenated alkanes) is 1. The molecule has 0 aliphatic rings. The first-order valence-corrected chi connectivity index (χ1v) is 6.76. The highest BCUT2D eigenvalue weighted by Crippen LogP contribution is 2.15. The molecular weight excluding hydrogens is 264 g/mol. The largest absolute Gasteiger partial charge is 0.494 e. The number of hydrogen-bond acceptors (Lipinski definition) is 6. The number of carbonyl (C=O) groups is 1. The van der Waals surface area contributed by atoms with Crippen LogP contribution in [0.15, 0.2) is 24.3 Å². The molecule has 0 bridgehead atoms. The molecule has 2 aromatic rings. The minimum Gasteiger partial charge on any atom is -0.494 e. The SMILES string of the molecule is CCCCOc1cccc(C(=O)Nc2nnns2)c1. The molecular formula is C12H14N4O2S. The summed E-state index contributed by atoms with van der Waals surface area (Å²) in [4.78, 5) is 11.9. The van der Waals surface area contributed by atoms with E-state index in [0.717, 1.165) is 24.4 Å². The monoisotopic (exact) mass is 278 g/mol. The van der Waals surface area contributed by atoms with Crippen molar-refractivity contribution in [1.82, 2.24) is 14.8 Å². The molecule has 1 amide bonds. The Balaban J connectivity index is 1.99. The summed E-state index contributed by atoms with van der Waals surface area (Å²) >= 11 is 1.03. The molecule has 2 rings (SSSR count). The number of benzene rings is 1. The fourth-order valence-corrected chi connectivity index (χ4v) is 1.77. The normalized spacial score (nSPS) is 10.2. The van der Waals surface area contributed by atoms with Crippen molar-refractivity contribution in [3.05, 3.63) is 29.8 Å². The van der Waals surface area contributed by atoms with Gasteiger partial charge in [0.2, 0.25) is 5.13 Å². The summed E-state index contributed by atoms with van der Waals surface area (Å²) in [5.41, 5.74) is 0.518. The van der Waals surface area contributed by atoms with Crippen molar-refractivity contribution in [2.45, 2.75) is 19.8 Å². The van der Waals surface area contributed by atoms with E-state index >= 15 is 0 Å². The van der Waals surface area contributed by atoms with Crippen LogP contribution in [0.1, 0.15) is 30.1 Å². The highest BCUT2D eigenvalue weighted by atomic mass is 32.1. The number of amides is 1. The summed E-state index contributed by atoms with van der Waals surface area (Å²) in [5.74, 6) is 0.441. The van der Waals surface area contributed by atoms with Gasteiger partial charge in [0.25, 0.3) is 5.91 Å². The third kappa shape index (κ3) is 3.99. The van der Waals surface area contributed by atoms with Crippen molar-refractivity contribution in [3.8, 4) is 5.75 Å². The zero-order valence-corrected chi connectivity index (χ0v) is 11.3. The molecule has 1 N–H and O–H groups in total. The Morgan fingerprint density at radius 3 is 3.11 bits per heavy atom. The first kappa shape index (κ1) is 13.4.